The number of halogens is 4. The normalized spacial score (nSPS) is 11.6. The van der Waals surface area contributed by atoms with E-state index in [4.69, 9.17) is 0 Å². The Hall–Kier alpha value is -1.63. The van der Waals surface area contributed by atoms with Crippen LogP contribution in [0.25, 0.3) is 5.69 Å². The van der Waals surface area contributed by atoms with Crippen molar-refractivity contribution in [3.8, 4) is 5.69 Å². The summed E-state index contributed by atoms with van der Waals surface area (Å²) in [6.45, 7) is 0. The van der Waals surface area contributed by atoms with Crippen LogP contribution < -0.4 is 0 Å². The summed E-state index contributed by atoms with van der Waals surface area (Å²) in [5.41, 5.74) is -1.23. The molecule has 0 saturated carbocycles. The zero-order chi connectivity index (χ0) is 13.3. The number of carbonyl (C=O) groups is 1. The molecular formula is C11H6BrF3N2O. The molecule has 7 heteroatoms. The van der Waals surface area contributed by atoms with Crippen LogP contribution >= 0.6 is 15.9 Å². The van der Waals surface area contributed by atoms with Gasteiger partial charge in [0.25, 0.3) is 0 Å². The number of aromatic nitrogens is 2. The molecule has 0 aliphatic rings. The average Bonchev–Trinajstić information content (AvgIpc) is 2.72. The van der Waals surface area contributed by atoms with Gasteiger partial charge in [-0.15, -0.1) is 0 Å². The smallest absolute Gasteiger partial charge is 0.298 e. The van der Waals surface area contributed by atoms with Crippen molar-refractivity contribution in [2.75, 3.05) is 0 Å². The Bertz CT molecular complexity index is 592. The Balaban J connectivity index is 2.54. The Labute approximate surface area is 108 Å². The molecule has 2 rings (SSSR count). The molecule has 0 unspecified atom stereocenters. The first-order valence-corrected chi connectivity index (χ1v) is 5.59. The van der Waals surface area contributed by atoms with Crippen molar-refractivity contribution in [2.24, 2.45) is 0 Å². The molecular weight excluding hydrogens is 313 g/mol. The monoisotopic (exact) mass is 318 g/mol. The molecule has 0 bridgehead atoms. The largest absolute Gasteiger partial charge is 0.435 e. The molecule has 94 valence electrons. The van der Waals surface area contributed by atoms with E-state index in [-0.39, 0.29) is 6.29 Å². The molecule has 3 nitrogen and oxygen atoms in total. The van der Waals surface area contributed by atoms with Gasteiger partial charge in [0.1, 0.15) is 0 Å². The third-order valence-corrected chi connectivity index (χ3v) is 2.70. The second-order valence-corrected chi connectivity index (χ2v) is 4.39. The first kappa shape index (κ1) is 12.8. The average molecular weight is 319 g/mol. The van der Waals surface area contributed by atoms with Gasteiger partial charge in [-0.1, -0.05) is 22.0 Å². The summed E-state index contributed by atoms with van der Waals surface area (Å²) in [5, 5.41) is 3.40. The fraction of sp³-hybridized carbons (Fsp3) is 0.0909. The molecule has 1 heterocycles. The standard InChI is InChI=1S/C11H6BrF3N2O/c12-8-2-1-3-9(4-8)17-5-7(6-18)10(16-17)11(13,14)15/h1-6H. The Kier molecular flexibility index (Phi) is 3.25. The number of aldehydes is 1. The summed E-state index contributed by atoms with van der Waals surface area (Å²) in [5.74, 6) is 0. The molecule has 0 spiro atoms. The first-order valence-electron chi connectivity index (χ1n) is 4.80. The maximum atomic E-state index is 12.6. The van der Waals surface area contributed by atoms with Crippen LogP contribution in [0.5, 0.6) is 0 Å². The van der Waals surface area contributed by atoms with E-state index in [1.165, 1.54) is 0 Å². The highest BCUT2D eigenvalue weighted by Crippen LogP contribution is 2.30. The van der Waals surface area contributed by atoms with Crippen molar-refractivity contribution in [2.45, 2.75) is 6.18 Å². The van der Waals surface area contributed by atoms with Gasteiger partial charge in [0, 0.05) is 10.7 Å². The molecule has 0 amide bonds. The van der Waals surface area contributed by atoms with Crippen LogP contribution in [0.3, 0.4) is 0 Å². The quantitative estimate of drug-likeness (QED) is 0.795. The topological polar surface area (TPSA) is 34.9 Å². The highest BCUT2D eigenvalue weighted by atomic mass is 79.9. The van der Waals surface area contributed by atoms with Crippen molar-refractivity contribution < 1.29 is 18.0 Å². The Morgan fingerprint density at radius 2 is 2.06 bits per heavy atom. The van der Waals surface area contributed by atoms with Gasteiger partial charge >= 0.3 is 6.18 Å². The molecule has 2 aromatic rings. The summed E-state index contributed by atoms with van der Waals surface area (Å²) in [6.07, 6.45) is -3.45. The van der Waals surface area contributed by atoms with Crippen molar-refractivity contribution >= 4 is 22.2 Å². The minimum atomic E-state index is -4.65. The van der Waals surface area contributed by atoms with E-state index in [1.54, 1.807) is 24.3 Å². The summed E-state index contributed by atoms with van der Waals surface area (Å²) in [6, 6.07) is 6.58. The number of alkyl halides is 3. The predicted octanol–water partition coefficient (Wildman–Crippen LogP) is 3.47. The number of hydrogen-bond acceptors (Lipinski definition) is 2. The zero-order valence-corrected chi connectivity index (χ0v) is 10.4. The van der Waals surface area contributed by atoms with E-state index in [0.29, 0.717) is 10.2 Å². The lowest BCUT2D eigenvalue weighted by Crippen LogP contribution is -2.09. The molecule has 18 heavy (non-hydrogen) atoms. The minimum absolute atomic E-state index is 0.143. The van der Waals surface area contributed by atoms with Crippen molar-refractivity contribution in [1.29, 1.82) is 0 Å². The third-order valence-electron chi connectivity index (χ3n) is 2.21. The van der Waals surface area contributed by atoms with Crippen LogP contribution in [0.15, 0.2) is 34.9 Å². The molecule has 0 atom stereocenters. The van der Waals surface area contributed by atoms with E-state index in [2.05, 4.69) is 21.0 Å². The maximum Gasteiger partial charge on any atom is 0.435 e. The molecule has 0 aliphatic carbocycles. The number of carbonyl (C=O) groups excluding carboxylic acids is 1. The summed E-state index contributed by atoms with van der Waals surface area (Å²) in [7, 11) is 0. The molecule has 0 fully saturated rings. The van der Waals surface area contributed by atoms with Gasteiger partial charge in [-0.25, -0.2) is 4.68 Å². The van der Waals surface area contributed by atoms with Gasteiger partial charge in [0.05, 0.1) is 11.3 Å². The number of benzene rings is 1. The fourth-order valence-electron chi connectivity index (χ4n) is 1.44. The van der Waals surface area contributed by atoms with E-state index in [9.17, 15) is 18.0 Å². The second kappa shape index (κ2) is 4.56. The SMILES string of the molecule is O=Cc1cn(-c2cccc(Br)c2)nc1C(F)(F)F. The summed E-state index contributed by atoms with van der Waals surface area (Å²) < 4.78 is 39.5. The van der Waals surface area contributed by atoms with Crippen molar-refractivity contribution in [3.63, 3.8) is 0 Å². The van der Waals surface area contributed by atoms with Gasteiger partial charge < -0.3 is 0 Å². The third kappa shape index (κ3) is 2.45. The summed E-state index contributed by atoms with van der Waals surface area (Å²) >= 11 is 3.21. The Morgan fingerprint density at radius 1 is 1.33 bits per heavy atom. The van der Waals surface area contributed by atoms with Crippen molar-refractivity contribution in [3.05, 3.63) is 46.2 Å². The summed E-state index contributed by atoms with van der Waals surface area (Å²) in [4.78, 5) is 10.6. The van der Waals surface area contributed by atoms with Crippen LogP contribution in [0.2, 0.25) is 0 Å². The fourth-order valence-corrected chi connectivity index (χ4v) is 1.83. The van der Waals surface area contributed by atoms with Crippen molar-refractivity contribution in [1.82, 2.24) is 9.78 Å². The van der Waals surface area contributed by atoms with Crippen LogP contribution in [-0.4, -0.2) is 16.1 Å². The van der Waals surface area contributed by atoms with Crippen LogP contribution in [0.4, 0.5) is 13.2 Å². The first-order chi connectivity index (χ1) is 8.41. The van der Waals surface area contributed by atoms with Gasteiger partial charge in [0.2, 0.25) is 0 Å². The minimum Gasteiger partial charge on any atom is -0.298 e. The molecule has 1 aromatic carbocycles. The number of nitrogens with zero attached hydrogens (tertiary/aromatic N) is 2. The van der Waals surface area contributed by atoms with Gasteiger partial charge in [0.15, 0.2) is 12.0 Å². The van der Waals surface area contributed by atoms with Crippen LogP contribution in [-0.2, 0) is 6.18 Å². The molecule has 0 saturated heterocycles. The zero-order valence-electron chi connectivity index (χ0n) is 8.78. The van der Waals surface area contributed by atoms with Crippen LogP contribution in [0.1, 0.15) is 16.1 Å². The highest BCUT2D eigenvalue weighted by Gasteiger charge is 2.37. The van der Waals surface area contributed by atoms with E-state index in [1.807, 2.05) is 0 Å². The number of rotatable bonds is 2. The number of hydrogen-bond donors (Lipinski definition) is 0. The molecule has 0 aliphatic heterocycles. The lowest BCUT2D eigenvalue weighted by Gasteiger charge is -2.03. The van der Waals surface area contributed by atoms with E-state index >= 15 is 0 Å². The predicted molar refractivity (Wildman–Crippen MR) is 61.7 cm³/mol. The highest BCUT2D eigenvalue weighted by molar-refractivity contribution is 9.10. The lowest BCUT2D eigenvalue weighted by atomic mass is 10.2. The second-order valence-electron chi connectivity index (χ2n) is 3.47. The van der Waals surface area contributed by atoms with E-state index < -0.39 is 17.4 Å². The van der Waals surface area contributed by atoms with Gasteiger partial charge in [-0.2, -0.15) is 18.3 Å². The molecule has 1 aromatic heterocycles. The lowest BCUT2D eigenvalue weighted by molar-refractivity contribution is -0.141. The molecule has 0 N–H and O–H groups in total. The van der Waals surface area contributed by atoms with E-state index in [0.717, 1.165) is 10.9 Å². The molecule has 0 radical (unpaired) electrons. The van der Waals surface area contributed by atoms with Crippen LogP contribution in [0, 0.1) is 0 Å². The Morgan fingerprint density at radius 3 is 2.56 bits per heavy atom. The maximum absolute atomic E-state index is 12.6. The van der Waals surface area contributed by atoms with Gasteiger partial charge in [-0.3, -0.25) is 4.79 Å². The van der Waals surface area contributed by atoms with Gasteiger partial charge in [-0.05, 0) is 18.2 Å².